The van der Waals surface area contributed by atoms with Gasteiger partial charge in [0.15, 0.2) is 5.96 Å². The first kappa shape index (κ1) is 21.6. The van der Waals surface area contributed by atoms with Crippen LogP contribution >= 0.6 is 0 Å². The largest absolute Gasteiger partial charge is 0.357 e. The quantitative estimate of drug-likeness (QED) is 0.592. The Bertz CT molecular complexity index is 910. The molecule has 2 saturated heterocycles. The Morgan fingerprint density at radius 2 is 1.81 bits per heavy atom. The van der Waals surface area contributed by atoms with E-state index in [2.05, 4.69) is 46.1 Å². The van der Waals surface area contributed by atoms with Crippen LogP contribution in [0.25, 0.3) is 10.9 Å². The number of pyridine rings is 1. The first-order valence-electron chi connectivity index (χ1n) is 11.6. The van der Waals surface area contributed by atoms with E-state index in [9.17, 15) is 4.79 Å². The number of guanidine groups is 1. The van der Waals surface area contributed by atoms with Gasteiger partial charge in [-0.05, 0) is 44.4 Å². The lowest BCUT2D eigenvalue weighted by Crippen LogP contribution is -2.57. The number of carbonyl (C=O) groups is 1. The van der Waals surface area contributed by atoms with Crippen LogP contribution in [0.5, 0.6) is 0 Å². The van der Waals surface area contributed by atoms with Gasteiger partial charge in [0.25, 0.3) is 0 Å². The topological polar surface area (TPSA) is 64.1 Å². The predicted octanol–water partition coefficient (Wildman–Crippen LogP) is 2.33. The highest BCUT2D eigenvalue weighted by Crippen LogP contribution is 2.18. The van der Waals surface area contributed by atoms with Gasteiger partial charge in [0, 0.05) is 57.4 Å². The van der Waals surface area contributed by atoms with Crippen LogP contribution in [0.4, 0.5) is 0 Å². The maximum Gasteiger partial charge on any atom is 0.239 e. The number of para-hydroxylation sites is 1. The van der Waals surface area contributed by atoms with Crippen LogP contribution < -0.4 is 5.32 Å². The molecule has 2 aromatic rings. The van der Waals surface area contributed by atoms with Gasteiger partial charge >= 0.3 is 0 Å². The minimum absolute atomic E-state index is 0.0389. The summed E-state index contributed by atoms with van der Waals surface area (Å²) in [5, 5.41) is 4.61. The summed E-state index contributed by atoms with van der Waals surface area (Å²) in [6, 6.07) is 10.2. The summed E-state index contributed by atoms with van der Waals surface area (Å²) in [6.07, 6.45) is 4.14. The van der Waals surface area contributed by atoms with Crippen LogP contribution in [0.1, 0.15) is 32.3 Å². The van der Waals surface area contributed by atoms with Gasteiger partial charge in [0.1, 0.15) is 0 Å². The summed E-state index contributed by atoms with van der Waals surface area (Å²) >= 11 is 0. The number of carbonyl (C=O) groups excluding carboxylic acids is 1. The lowest BCUT2D eigenvalue weighted by Gasteiger charge is -2.39. The Morgan fingerprint density at radius 3 is 2.55 bits per heavy atom. The van der Waals surface area contributed by atoms with Gasteiger partial charge in [-0.1, -0.05) is 18.2 Å². The van der Waals surface area contributed by atoms with Crippen molar-refractivity contribution in [3.63, 3.8) is 0 Å². The molecule has 2 aliphatic rings. The average molecular weight is 423 g/mol. The summed E-state index contributed by atoms with van der Waals surface area (Å²) in [6.45, 7) is 11.0. The molecule has 0 radical (unpaired) electrons. The van der Waals surface area contributed by atoms with Crippen LogP contribution in [0.2, 0.25) is 0 Å². The van der Waals surface area contributed by atoms with E-state index in [-0.39, 0.29) is 11.9 Å². The molecule has 1 unspecified atom stereocenters. The van der Waals surface area contributed by atoms with Crippen molar-refractivity contribution < 1.29 is 4.79 Å². The molecule has 4 rings (SSSR count). The first-order chi connectivity index (χ1) is 15.2. The second kappa shape index (κ2) is 10.1. The number of benzene rings is 1. The number of amides is 1. The minimum atomic E-state index is -0.0389. The Balaban J connectivity index is 1.39. The SMILES string of the molecule is CCNC(=NCc1ccnc2ccccc12)N1CCN(C(C)C(=O)N2CCCC2)CC1. The summed E-state index contributed by atoms with van der Waals surface area (Å²) in [7, 11) is 0. The maximum absolute atomic E-state index is 12.8. The number of nitrogens with zero attached hydrogens (tertiary/aromatic N) is 5. The van der Waals surface area contributed by atoms with E-state index < -0.39 is 0 Å². The van der Waals surface area contributed by atoms with Crippen LogP contribution in [-0.2, 0) is 11.3 Å². The van der Waals surface area contributed by atoms with Crippen molar-refractivity contribution in [2.75, 3.05) is 45.8 Å². The molecule has 166 valence electrons. The van der Waals surface area contributed by atoms with Crippen LogP contribution in [0, 0.1) is 0 Å². The normalized spacial score (nSPS) is 19.1. The predicted molar refractivity (Wildman–Crippen MR) is 125 cm³/mol. The van der Waals surface area contributed by atoms with Gasteiger partial charge in [-0.25, -0.2) is 4.99 Å². The minimum Gasteiger partial charge on any atom is -0.357 e. The molecule has 1 N–H and O–H groups in total. The molecule has 31 heavy (non-hydrogen) atoms. The molecule has 1 amide bonds. The average Bonchev–Trinajstić information content (AvgIpc) is 3.36. The van der Waals surface area contributed by atoms with E-state index in [4.69, 9.17) is 4.99 Å². The number of hydrogen-bond donors (Lipinski definition) is 1. The van der Waals surface area contributed by atoms with Gasteiger partial charge in [-0.15, -0.1) is 0 Å². The fourth-order valence-electron chi connectivity index (χ4n) is 4.56. The molecule has 0 spiro atoms. The monoisotopic (exact) mass is 422 g/mol. The van der Waals surface area contributed by atoms with E-state index in [1.54, 1.807) is 0 Å². The van der Waals surface area contributed by atoms with Gasteiger partial charge in [0.05, 0.1) is 18.1 Å². The molecule has 3 heterocycles. The van der Waals surface area contributed by atoms with Crippen molar-refractivity contribution in [2.24, 2.45) is 4.99 Å². The van der Waals surface area contributed by atoms with Crippen LogP contribution in [0.3, 0.4) is 0 Å². The zero-order chi connectivity index (χ0) is 21.6. The lowest BCUT2D eigenvalue weighted by molar-refractivity contribution is -0.135. The smallest absolute Gasteiger partial charge is 0.239 e. The van der Waals surface area contributed by atoms with E-state index in [0.717, 1.165) is 75.5 Å². The molecule has 1 aromatic heterocycles. The Hall–Kier alpha value is -2.67. The number of piperazine rings is 1. The van der Waals surface area contributed by atoms with Gasteiger partial charge < -0.3 is 15.1 Å². The standard InChI is InChI=1S/C24H34N6O/c1-3-25-24(27-18-20-10-11-26-22-9-5-4-8-21(20)22)30-16-14-28(15-17-30)19(2)23(31)29-12-6-7-13-29/h4-5,8-11,19H,3,6-7,12-18H2,1-2H3,(H,25,27). The highest BCUT2D eigenvalue weighted by atomic mass is 16.2. The number of aliphatic imine (C=N–C) groups is 1. The third kappa shape index (κ3) is 4.98. The van der Waals surface area contributed by atoms with Crippen molar-refractivity contribution in [2.45, 2.75) is 39.3 Å². The Labute approximate surface area is 185 Å². The van der Waals surface area contributed by atoms with Crippen molar-refractivity contribution >= 4 is 22.8 Å². The third-order valence-electron chi connectivity index (χ3n) is 6.41. The number of fused-ring (bicyclic) bond motifs is 1. The van der Waals surface area contributed by atoms with Crippen molar-refractivity contribution in [3.05, 3.63) is 42.1 Å². The molecule has 2 fully saturated rings. The second-order valence-corrected chi connectivity index (χ2v) is 8.39. The number of nitrogens with one attached hydrogen (secondary N) is 1. The summed E-state index contributed by atoms with van der Waals surface area (Å²) in [5.41, 5.74) is 2.19. The zero-order valence-corrected chi connectivity index (χ0v) is 18.8. The van der Waals surface area contributed by atoms with Crippen molar-refractivity contribution in [1.29, 1.82) is 0 Å². The number of hydrogen-bond acceptors (Lipinski definition) is 4. The van der Waals surface area contributed by atoms with Crippen LogP contribution in [0.15, 0.2) is 41.5 Å². The number of rotatable bonds is 5. The molecule has 0 aliphatic carbocycles. The maximum atomic E-state index is 12.8. The Morgan fingerprint density at radius 1 is 1.06 bits per heavy atom. The lowest BCUT2D eigenvalue weighted by atomic mass is 10.1. The van der Waals surface area contributed by atoms with E-state index in [0.29, 0.717) is 6.54 Å². The number of likely N-dealkylation sites (tertiary alicyclic amines) is 1. The molecule has 0 bridgehead atoms. The fourth-order valence-corrected chi connectivity index (χ4v) is 4.56. The Kier molecular flexibility index (Phi) is 7.02. The van der Waals surface area contributed by atoms with Crippen molar-refractivity contribution in [3.8, 4) is 0 Å². The van der Waals surface area contributed by atoms with E-state index >= 15 is 0 Å². The van der Waals surface area contributed by atoms with Crippen LogP contribution in [-0.4, -0.2) is 83.4 Å². The fraction of sp³-hybridized carbons (Fsp3) is 0.542. The summed E-state index contributed by atoms with van der Waals surface area (Å²) in [4.78, 5) is 28.8. The number of aromatic nitrogens is 1. The molecule has 0 saturated carbocycles. The first-order valence-corrected chi connectivity index (χ1v) is 11.6. The molecule has 1 aromatic carbocycles. The molecule has 7 nitrogen and oxygen atoms in total. The summed E-state index contributed by atoms with van der Waals surface area (Å²) in [5.74, 6) is 1.23. The molecule has 2 aliphatic heterocycles. The summed E-state index contributed by atoms with van der Waals surface area (Å²) < 4.78 is 0. The van der Waals surface area contributed by atoms with E-state index in [1.165, 1.54) is 5.56 Å². The van der Waals surface area contributed by atoms with Gasteiger partial charge in [-0.3, -0.25) is 14.7 Å². The van der Waals surface area contributed by atoms with Gasteiger partial charge in [0.2, 0.25) is 5.91 Å². The molecule has 7 heteroatoms. The van der Waals surface area contributed by atoms with Crippen molar-refractivity contribution in [1.82, 2.24) is 25.0 Å². The highest BCUT2D eigenvalue weighted by Gasteiger charge is 2.30. The zero-order valence-electron chi connectivity index (χ0n) is 18.8. The third-order valence-corrected chi connectivity index (χ3v) is 6.41. The highest BCUT2D eigenvalue weighted by molar-refractivity contribution is 5.84. The molecule has 1 atom stereocenters. The second-order valence-electron chi connectivity index (χ2n) is 8.39. The van der Waals surface area contributed by atoms with Gasteiger partial charge in [-0.2, -0.15) is 0 Å². The van der Waals surface area contributed by atoms with E-state index in [1.807, 2.05) is 29.3 Å². The molecular formula is C24H34N6O. The molecular weight excluding hydrogens is 388 g/mol.